The second-order valence-electron chi connectivity index (χ2n) is 6.44. The SMILES string of the molecule is CCCCCC(O)C1CCC2CCCCC2C1. The Morgan fingerprint density at radius 3 is 2.53 bits per heavy atom. The summed E-state index contributed by atoms with van der Waals surface area (Å²) in [6, 6.07) is 0. The smallest absolute Gasteiger partial charge is 0.0568 e. The Hall–Kier alpha value is -0.0400. The van der Waals surface area contributed by atoms with E-state index in [4.69, 9.17) is 0 Å². The van der Waals surface area contributed by atoms with Gasteiger partial charge in [-0.05, 0) is 43.4 Å². The first-order valence-electron chi connectivity index (χ1n) is 7.99. The predicted octanol–water partition coefficient (Wildman–Crippen LogP) is 4.53. The monoisotopic (exact) mass is 238 g/mol. The van der Waals surface area contributed by atoms with Crippen molar-refractivity contribution < 1.29 is 5.11 Å². The average Bonchev–Trinajstić information content (AvgIpc) is 2.38. The van der Waals surface area contributed by atoms with Crippen LogP contribution in [0.25, 0.3) is 0 Å². The van der Waals surface area contributed by atoms with Crippen LogP contribution in [-0.2, 0) is 0 Å². The van der Waals surface area contributed by atoms with Crippen LogP contribution < -0.4 is 0 Å². The highest BCUT2D eigenvalue weighted by Crippen LogP contribution is 2.44. The van der Waals surface area contributed by atoms with Crippen LogP contribution in [0, 0.1) is 17.8 Å². The molecule has 0 aromatic carbocycles. The Morgan fingerprint density at radius 2 is 1.76 bits per heavy atom. The largest absolute Gasteiger partial charge is 0.393 e. The summed E-state index contributed by atoms with van der Waals surface area (Å²) in [5.74, 6) is 2.61. The Kier molecular flexibility index (Phi) is 5.34. The Morgan fingerprint density at radius 1 is 1.00 bits per heavy atom. The van der Waals surface area contributed by atoms with Gasteiger partial charge in [0.25, 0.3) is 0 Å². The summed E-state index contributed by atoms with van der Waals surface area (Å²) in [5.41, 5.74) is 0. The van der Waals surface area contributed by atoms with Crippen LogP contribution in [0.15, 0.2) is 0 Å². The van der Waals surface area contributed by atoms with Crippen LogP contribution >= 0.6 is 0 Å². The van der Waals surface area contributed by atoms with Crippen LogP contribution in [0.2, 0.25) is 0 Å². The molecule has 0 amide bonds. The number of aliphatic hydroxyl groups is 1. The maximum atomic E-state index is 10.3. The van der Waals surface area contributed by atoms with Gasteiger partial charge in [0.1, 0.15) is 0 Å². The highest BCUT2D eigenvalue weighted by atomic mass is 16.3. The number of hydrogen-bond acceptors (Lipinski definition) is 1. The molecule has 2 aliphatic rings. The summed E-state index contributed by atoms with van der Waals surface area (Å²) in [5, 5.41) is 10.3. The summed E-state index contributed by atoms with van der Waals surface area (Å²) in [4.78, 5) is 0. The first-order valence-corrected chi connectivity index (χ1v) is 7.99. The topological polar surface area (TPSA) is 20.2 Å². The Labute approximate surface area is 107 Å². The van der Waals surface area contributed by atoms with Gasteiger partial charge in [-0.15, -0.1) is 0 Å². The zero-order valence-corrected chi connectivity index (χ0v) is 11.5. The van der Waals surface area contributed by atoms with E-state index in [1.54, 1.807) is 0 Å². The molecule has 4 atom stereocenters. The summed E-state index contributed by atoms with van der Waals surface area (Å²) in [6.45, 7) is 2.24. The molecule has 100 valence electrons. The van der Waals surface area contributed by atoms with Gasteiger partial charge in [0, 0.05) is 0 Å². The lowest BCUT2D eigenvalue weighted by Gasteiger charge is -2.40. The molecule has 2 fully saturated rings. The van der Waals surface area contributed by atoms with Crippen molar-refractivity contribution in [3.8, 4) is 0 Å². The third-order valence-electron chi connectivity index (χ3n) is 5.23. The normalized spacial score (nSPS) is 35.3. The number of unbranched alkanes of at least 4 members (excludes halogenated alkanes) is 2. The maximum absolute atomic E-state index is 10.3. The van der Waals surface area contributed by atoms with Crippen molar-refractivity contribution in [2.75, 3.05) is 0 Å². The minimum Gasteiger partial charge on any atom is -0.393 e. The van der Waals surface area contributed by atoms with E-state index in [0.29, 0.717) is 5.92 Å². The van der Waals surface area contributed by atoms with Gasteiger partial charge in [-0.2, -0.15) is 0 Å². The molecule has 0 saturated heterocycles. The van der Waals surface area contributed by atoms with Gasteiger partial charge < -0.3 is 5.11 Å². The number of rotatable bonds is 5. The third-order valence-corrected chi connectivity index (χ3v) is 5.23. The van der Waals surface area contributed by atoms with Crippen molar-refractivity contribution in [2.45, 2.75) is 83.7 Å². The molecule has 2 aliphatic carbocycles. The fourth-order valence-corrected chi connectivity index (χ4v) is 4.10. The van der Waals surface area contributed by atoms with E-state index in [2.05, 4.69) is 6.92 Å². The van der Waals surface area contributed by atoms with E-state index in [1.807, 2.05) is 0 Å². The molecule has 0 bridgehead atoms. The van der Waals surface area contributed by atoms with E-state index in [9.17, 15) is 5.11 Å². The van der Waals surface area contributed by atoms with Crippen molar-refractivity contribution in [2.24, 2.45) is 17.8 Å². The molecular weight excluding hydrogens is 208 g/mol. The Bertz CT molecular complexity index is 214. The van der Waals surface area contributed by atoms with Crippen LogP contribution in [-0.4, -0.2) is 11.2 Å². The van der Waals surface area contributed by atoms with E-state index in [-0.39, 0.29) is 6.10 Å². The molecule has 17 heavy (non-hydrogen) atoms. The van der Waals surface area contributed by atoms with Crippen LogP contribution in [0.3, 0.4) is 0 Å². The molecule has 0 heterocycles. The summed E-state index contributed by atoms with van der Waals surface area (Å²) >= 11 is 0. The average molecular weight is 238 g/mol. The molecular formula is C16H30O. The van der Waals surface area contributed by atoms with Gasteiger partial charge in [-0.25, -0.2) is 0 Å². The summed E-state index contributed by atoms with van der Waals surface area (Å²) in [7, 11) is 0. The summed E-state index contributed by atoms with van der Waals surface area (Å²) in [6.07, 6.45) is 14.7. The van der Waals surface area contributed by atoms with Gasteiger partial charge in [0.2, 0.25) is 0 Å². The molecule has 1 nitrogen and oxygen atoms in total. The van der Waals surface area contributed by atoms with Crippen molar-refractivity contribution in [3.63, 3.8) is 0 Å². The fraction of sp³-hybridized carbons (Fsp3) is 1.00. The van der Waals surface area contributed by atoms with Crippen LogP contribution in [0.5, 0.6) is 0 Å². The molecule has 1 heteroatoms. The predicted molar refractivity (Wildman–Crippen MR) is 72.9 cm³/mol. The lowest BCUT2D eigenvalue weighted by atomic mass is 9.66. The molecule has 1 N–H and O–H groups in total. The lowest BCUT2D eigenvalue weighted by molar-refractivity contribution is 0.0298. The standard InChI is InChI=1S/C16H30O/c1-2-3-4-9-16(17)15-11-10-13-7-5-6-8-14(13)12-15/h13-17H,2-12H2,1H3. The van der Waals surface area contributed by atoms with Crippen molar-refractivity contribution >= 4 is 0 Å². The van der Waals surface area contributed by atoms with Gasteiger partial charge in [0.15, 0.2) is 0 Å². The highest BCUT2D eigenvalue weighted by molar-refractivity contribution is 4.85. The fourth-order valence-electron chi connectivity index (χ4n) is 4.10. The van der Waals surface area contributed by atoms with Crippen molar-refractivity contribution in [1.82, 2.24) is 0 Å². The first kappa shape index (κ1) is 13.4. The lowest BCUT2D eigenvalue weighted by Crippen LogP contribution is -2.33. The number of fused-ring (bicyclic) bond motifs is 1. The van der Waals surface area contributed by atoms with E-state index >= 15 is 0 Å². The second-order valence-corrected chi connectivity index (χ2v) is 6.44. The van der Waals surface area contributed by atoms with Gasteiger partial charge in [0.05, 0.1) is 6.10 Å². The molecule has 0 aromatic heterocycles. The van der Waals surface area contributed by atoms with Gasteiger partial charge >= 0.3 is 0 Å². The molecule has 0 aliphatic heterocycles. The van der Waals surface area contributed by atoms with Crippen LogP contribution in [0.4, 0.5) is 0 Å². The number of hydrogen-bond donors (Lipinski definition) is 1. The van der Waals surface area contributed by atoms with E-state index in [0.717, 1.165) is 18.3 Å². The van der Waals surface area contributed by atoms with E-state index < -0.39 is 0 Å². The molecule has 2 saturated carbocycles. The molecule has 0 aromatic rings. The van der Waals surface area contributed by atoms with Gasteiger partial charge in [-0.1, -0.05) is 51.9 Å². The minimum absolute atomic E-state index is 0.00410. The van der Waals surface area contributed by atoms with E-state index in [1.165, 1.54) is 64.2 Å². The van der Waals surface area contributed by atoms with Crippen molar-refractivity contribution in [1.29, 1.82) is 0 Å². The van der Waals surface area contributed by atoms with Crippen LogP contribution in [0.1, 0.15) is 77.6 Å². The highest BCUT2D eigenvalue weighted by Gasteiger charge is 2.34. The third kappa shape index (κ3) is 3.71. The molecule has 0 radical (unpaired) electrons. The minimum atomic E-state index is 0.00410. The summed E-state index contributed by atoms with van der Waals surface area (Å²) < 4.78 is 0. The van der Waals surface area contributed by atoms with Crippen molar-refractivity contribution in [3.05, 3.63) is 0 Å². The quantitative estimate of drug-likeness (QED) is 0.697. The zero-order chi connectivity index (χ0) is 12.1. The van der Waals surface area contributed by atoms with Gasteiger partial charge in [-0.3, -0.25) is 0 Å². The number of aliphatic hydroxyl groups excluding tert-OH is 1. The molecule has 2 rings (SSSR count). The zero-order valence-electron chi connectivity index (χ0n) is 11.5. The Balaban J connectivity index is 1.74. The first-order chi connectivity index (χ1) is 8.31. The molecule has 4 unspecified atom stereocenters. The second kappa shape index (κ2) is 6.78. The molecule has 0 spiro atoms. The maximum Gasteiger partial charge on any atom is 0.0568 e.